The zero-order valence-corrected chi connectivity index (χ0v) is 7.58. The van der Waals surface area contributed by atoms with Gasteiger partial charge in [0.15, 0.2) is 0 Å². The third-order valence-electron chi connectivity index (χ3n) is 2.46. The van der Waals surface area contributed by atoms with Crippen molar-refractivity contribution < 1.29 is 9.84 Å². The van der Waals surface area contributed by atoms with E-state index in [4.69, 9.17) is 9.84 Å². The molecule has 0 spiro atoms. The van der Waals surface area contributed by atoms with Crippen LogP contribution in [0.3, 0.4) is 0 Å². The number of fused-ring (bicyclic) bond motifs is 1. The molecular formula is C10H13NO2. The molecule has 2 N–H and O–H groups in total. The fourth-order valence-corrected chi connectivity index (χ4v) is 1.67. The topological polar surface area (TPSA) is 41.5 Å². The van der Waals surface area contributed by atoms with Crippen molar-refractivity contribution in [2.24, 2.45) is 0 Å². The number of aliphatic hydroxyl groups excluding tert-OH is 1. The molecule has 1 heterocycles. The van der Waals surface area contributed by atoms with E-state index in [1.54, 1.807) is 7.11 Å². The summed E-state index contributed by atoms with van der Waals surface area (Å²) in [6.07, 6.45) is 0. The summed E-state index contributed by atoms with van der Waals surface area (Å²) < 4.78 is 5.12. The second-order valence-corrected chi connectivity index (χ2v) is 3.21. The lowest BCUT2D eigenvalue weighted by molar-refractivity contribution is 0.273. The molecule has 13 heavy (non-hydrogen) atoms. The van der Waals surface area contributed by atoms with E-state index in [9.17, 15) is 0 Å². The Morgan fingerprint density at radius 2 is 2.46 bits per heavy atom. The fraction of sp³-hybridized carbons (Fsp3) is 0.400. The molecule has 0 radical (unpaired) electrons. The van der Waals surface area contributed by atoms with E-state index in [1.807, 2.05) is 18.2 Å². The molecule has 0 amide bonds. The van der Waals surface area contributed by atoms with Crippen molar-refractivity contribution >= 4 is 5.69 Å². The maximum absolute atomic E-state index is 9.10. The van der Waals surface area contributed by atoms with E-state index in [2.05, 4.69) is 5.32 Å². The molecule has 2 rings (SSSR count). The highest BCUT2D eigenvalue weighted by molar-refractivity contribution is 5.60. The Morgan fingerprint density at radius 3 is 3.15 bits per heavy atom. The molecule has 1 atom stereocenters. The van der Waals surface area contributed by atoms with Gasteiger partial charge in [0.05, 0.1) is 13.7 Å². The van der Waals surface area contributed by atoms with Crippen molar-refractivity contribution in [3.63, 3.8) is 0 Å². The maximum atomic E-state index is 9.10. The molecule has 0 saturated heterocycles. The van der Waals surface area contributed by atoms with E-state index in [-0.39, 0.29) is 12.5 Å². The molecule has 0 saturated carbocycles. The number of hydrogen-bond acceptors (Lipinski definition) is 3. The largest absolute Gasteiger partial charge is 0.497 e. The number of aliphatic hydroxyl groups is 1. The summed E-state index contributed by atoms with van der Waals surface area (Å²) in [5.74, 6) is 1.06. The smallest absolute Gasteiger partial charge is 0.119 e. The number of nitrogens with one attached hydrogen (secondary N) is 1. The van der Waals surface area contributed by atoms with Crippen LogP contribution in [0.2, 0.25) is 0 Å². The molecule has 1 aliphatic rings. The van der Waals surface area contributed by atoms with Gasteiger partial charge in [0.1, 0.15) is 5.75 Å². The van der Waals surface area contributed by atoms with Crippen molar-refractivity contribution in [1.82, 2.24) is 0 Å². The first kappa shape index (κ1) is 8.38. The highest BCUT2D eigenvalue weighted by atomic mass is 16.5. The molecule has 1 aromatic carbocycles. The normalized spacial score (nSPS) is 19.4. The van der Waals surface area contributed by atoms with E-state index in [1.165, 1.54) is 0 Å². The summed E-state index contributed by atoms with van der Waals surface area (Å²) in [6, 6.07) is 5.89. The van der Waals surface area contributed by atoms with Crippen molar-refractivity contribution in [2.75, 3.05) is 25.6 Å². The Balaban J connectivity index is 2.37. The Morgan fingerprint density at radius 1 is 1.62 bits per heavy atom. The first-order chi connectivity index (χ1) is 6.35. The number of benzene rings is 1. The molecule has 0 fully saturated rings. The van der Waals surface area contributed by atoms with Gasteiger partial charge < -0.3 is 15.2 Å². The van der Waals surface area contributed by atoms with Crippen LogP contribution in [0.5, 0.6) is 5.75 Å². The van der Waals surface area contributed by atoms with Crippen molar-refractivity contribution in [2.45, 2.75) is 5.92 Å². The van der Waals surface area contributed by atoms with Crippen LogP contribution < -0.4 is 10.1 Å². The van der Waals surface area contributed by atoms with Crippen LogP contribution in [0.4, 0.5) is 5.69 Å². The van der Waals surface area contributed by atoms with Gasteiger partial charge in [-0.15, -0.1) is 0 Å². The molecule has 0 bridgehead atoms. The number of methoxy groups -OCH3 is 1. The first-order valence-corrected chi connectivity index (χ1v) is 4.38. The monoisotopic (exact) mass is 179 g/mol. The van der Waals surface area contributed by atoms with Gasteiger partial charge in [0.25, 0.3) is 0 Å². The van der Waals surface area contributed by atoms with Crippen LogP contribution in [-0.2, 0) is 0 Å². The van der Waals surface area contributed by atoms with Crippen LogP contribution in [0.1, 0.15) is 11.5 Å². The molecule has 1 unspecified atom stereocenters. The quantitative estimate of drug-likeness (QED) is 0.716. The van der Waals surface area contributed by atoms with Crippen LogP contribution in [0, 0.1) is 0 Å². The third-order valence-corrected chi connectivity index (χ3v) is 2.46. The lowest BCUT2D eigenvalue weighted by atomic mass is 10.0. The van der Waals surface area contributed by atoms with Gasteiger partial charge in [-0.3, -0.25) is 0 Å². The predicted molar refractivity (Wildman–Crippen MR) is 51.3 cm³/mol. The second-order valence-electron chi connectivity index (χ2n) is 3.21. The zero-order chi connectivity index (χ0) is 9.26. The van der Waals surface area contributed by atoms with E-state index in [0.717, 1.165) is 23.5 Å². The summed E-state index contributed by atoms with van der Waals surface area (Å²) in [6.45, 7) is 1.01. The summed E-state index contributed by atoms with van der Waals surface area (Å²) in [7, 11) is 1.65. The van der Waals surface area contributed by atoms with Crippen molar-refractivity contribution in [3.05, 3.63) is 23.8 Å². The van der Waals surface area contributed by atoms with Crippen LogP contribution >= 0.6 is 0 Å². The molecule has 70 valence electrons. The fourth-order valence-electron chi connectivity index (χ4n) is 1.67. The summed E-state index contributed by atoms with van der Waals surface area (Å²) >= 11 is 0. The Bertz CT molecular complexity index is 312. The molecular weight excluding hydrogens is 166 g/mol. The van der Waals surface area contributed by atoms with Gasteiger partial charge in [0.2, 0.25) is 0 Å². The van der Waals surface area contributed by atoms with E-state index >= 15 is 0 Å². The summed E-state index contributed by atoms with van der Waals surface area (Å²) in [4.78, 5) is 0. The minimum atomic E-state index is 0.188. The zero-order valence-electron chi connectivity index (χ0n) is 7.58. The highest BCUT2D eigenvalue weighted by Crippen LogP contribution is 2.33. The Labute approximate surface area is 77.3 Å². The van der Waals surface area contributed by atoms with E-state index < -0.39 is 0 Å². The molecule has 3 heteroatoms. The lowest BCUT2D eigenvalue weighted by Crippen LogP contribution is -2.05. The third kappa shape index (κ3) is 1.35. The molecule has 1 aliphatic heterocycles. The maximum Gasteiger partial charge on any atom is 0.119 e. The predicted octanol–water partition coefficient (Wildman–Crippen LogP) is 1.20. The number of ether oxygens (including phenoxy) is 1. The van der Waals surface area contributed by atoms with Gasteiger partial charge >= 0.3 is 0 Å². The second kappa shape index (κ2) is 3.26. The molecule has 0 aromatic heterocycles. The first-order valence-electron chi connectivity index (χ1n) is 4.38. The van der Waals surface area contributed by atoms with Gasteiger partial charge in [-0.05, 0) is 23.8 Å². The standard InChI is InChI=1S/C10H13NO2/c1-13-8-2-3-10-9(4-8)7(6-12)5-11-10/h2-4,7,11-12H,5-6H2,1H3. The Hall–Kier alpha value is -1.22. The van der Waals surface area contributed by atoms with Gasteiger partial charge in [-0.1, -0.05) is 0 Å². The van der Waals surface area contributed by atoms with Crippen molar-refractivity contribution in [3.8, 4) is 5.75 Å². The van der Waals surface area contributed by atoms with Gasteiger partial charge in [0, 0.05) is 18.2 Å². The average Bonchev–Trinajstić information content (AvgIpc) is 2.59. The van der Waals surface area contributed by atoms with Crippen LogP contribution in [-0.4, -0.2) is 25.4 Å². The highest BCUT2D eigenvalue weighted by Gasteiger charge is 2.21. The minimum absolute atomic E-state index is 0.188. The molecule has 0 aliphatic carbocycles. The number of anilines is 1. The van der Waals surface area contributed by atoms with Gasteiger partial charge in [-0.25, -0.2) is 0 Å². The number of rotatable bonds is 2. The van der Waals surface area contributed by atoms with Crippen molar-refractivity contribution in [1.29, 1.82) is 0 Å². The summed E-state index contributed by atoms with van der Waals surface area (Å²) in [5, 5.41) is 12.3. The van der Waals surface area contributed by atoms with Gasteiger partial charge in [-0.2, -0.15) is 0 Å². The van der Waals surface area contributed by atoms with Crippen LogP contribution in [0.25, 0.3) is 0 Å². The lowest BCUT2D eigenvalue weighted by Gasteiger charge is -2.07. The van der Waals surface area contributed by atoms with Crippen LogP contribution in [0.15, 0.2) is 18.2 Å². The molecule has 3 nitrogen and oxygen atoms in total. The minimum Gasteiger partial charge on any atom is -0.497 e. The Kier molecular flexibility index (Phi) is 2.10. The molecule has 1 aromatic rings. The summed E-state index contributed by atoms with van der Waals surface area (Å²) in [5.41, 5.74) is 2.27. The SMILES string of the molecule is COc1ccc2c(c1)C(CO)CN2. The average molecular weight is 179 g/mol. The number of hydrogen-bond donors (Lipinski definition) is 2. The van der Waals surface area contributed by atoms with E-state index in [0.29, 0.717) is 0 Å².